The summed E-state index contributed by atoms with van der Waals surface area (Å²) in [6.07, 6.45) is 1.83. The molecule has 0 bridgehead atoms. The molecular weight excluding hydrogens is 845 g/mol. The smallest absolute Gasteiger partial charge is 0.338 e. The van der Waals surface area contributed by atoms with Crippen LogP contribution in [0.5, 0.6) is 11.5 Å². The Morgan fingerprint density at radius 2 is 1.68 bits per heavy atom. The first kappa shape index (κ1) is 33.1. The number of benzene rings is 4. The van der Waals surface area contributed by atoms with Crippen molar-refractivity contribution in [1.82, 2.24) is 4.57 Å². The van der Waals surface area contributed by atoms with Gasteiger partial charge in [0.2, 0.25) is 0 Å². The lowest BCUT2D eigenvalue weighted by atomic mass is 9.93. The van der Waals surface area contributed by atoms with Gasteiger partial charge in [0.1, 0.15) is 23.9 Å². The van der Waals surface area contributed by atoms with Crippen molar-refractivity contribution in [2.45, 2.75) is 19.6 Å². The van der Waals surface area contributed by atoms with E-state index in [2.05, 4.69) is 45.2 Å². The first-order valence-electron chi connectivity index (χ1n) is 14.6. The van der Waals surface area contributed by atoms with E-state index in [1.54, 1.807) is 42.9 Å². The van der Waals surface area contributed by atoms with Crippen LogP contribution in [-0.4, -0.2) is 24.3 Å². The minimum Gasteiger partial charge on any atom is -0.497 e. The number of halogens is 3. The molecule has 2 heterocycles. The van der Waals surface area contributed by atoms with Gasteiger partial charge in [-0.1, -0.05) is 65.9 Å². The van der Waals surface area contributed by atoms with Crippen LogP contribution in [0.2, 0.25) is 0 Å². The zero-order valence-electron chi connectivity index (χ0n) is 25.2. The summed E-state index contributed by atoms with van der Waals surface area (Å²) in [5, 5.41) is 0. The molecule has 7 nitrogen and oxygen atoms in total. The van der Waals surface area contributed by atoms with Crippen molar-refractivity contribution < 1.29 is 23.4 Å². The lowest BCUT2D eigenvalue weighted by Gasteiger charge is -2.26. The molecule has 1 aliphatic rings. The van der Waals surface area contributed by atoms with Crippen LogP contribution in [0.15, 0.2) is 106 Å². The van der Waals surface area contributed by atoms with Crippen LogP contribution >= 0.6 is 56.5 Å². The third-order valence-electron chi connectivity index (χ3n) is 7.42. The summed E-state index contributed by atoms with van der Waals surface area (Å²) in [4.78, 5) is 33.3. The van der Waals surface area contributed by atoms with E-state index in [-0.39, 0.29) is 23.6 Å². The van der Waals surface area contributed by atoms with E-state index in [9.17, 15) is 14.0 Å². The molecular formula is C36H27FI2N2O5S. The highest BCUT2D eigenvalue weighted by Gasteiger charge is 2.35. The summed E-state index contributed by atoms with van der Waals surface area (Å²) in [7, 11) is 1.59. The van der Waals surface area contributed by atoms with Crippen LogP contribution in [0.4, 0.5) is 4.39 Å². The molecule has 0 saturated heterocycles. The quantitative estimate of drug-likeness (QED) is 0.120. The molecule has 0 spiro atoms. The van der Waals surface area contributed by atoms with Gasteiger partial charge >= 0.3 is 5.97 Å². The minimum absolute atomic E-state index is 0.172. The highest BCUT2D eigenvalue weighted by atomic mass is 127. The normalized spacial score (nSPS) is 14.4. The molecule has 0 radical (unpaired) electrons. The van der Waals surface area contributed by atoms with Gasteiger partial charge in [-0.15, -0.1) is 0 Å². The van der Waals surface area contributed by atoms with Crippen LogP contribution in [0.1, 0.15) is 35.2 Å². The third-order valence-corrected chi connectivity index (χ3v) is 10.0. The van der Waals surface area contributed by atoms with Crippen molar-refractivity contribution in [2.75, 3.05) is 13.7 Å². The number of esters is 1. The predicted molar refractivity (Wildman–Crippen MR) is 197 cm³/mol. The maximum atomic E-state index is 14.2. The van der Waals surface area contributed by atoms with Crippen molar-refractivity contribution >= 4 is 74.3 Å². The Morgan fingerprint density at radius 3 is 2.32 bits per heavy atom. The van der Waals surface area contributed by atoms with Crippen molar-refractivity contribution in [1.29, 1.82) is 0 Å². The maximum absolute atomic E-state index is 14.2. The Bertz CT molecular complexity index is 2140. The van der Waals surface area contributed by atoms with Gasteiger partial charge in [-0.05, 0) is 111 Å². The van der Waals surface area contributed by atoms with Crippen molar-refractivity contribution in [3.8, 4) is 11.5 Å². The zero-order valence-corrected chi connectivity index (χ0v) is 30.3. The maximum Gasteiger partial charge on any atom is 0.338 e. The molecule has 0 fully saturated rings. The summed E-state index contributed by atoms with van der Waals surface area (Å²) in [6, 6.07) is 26.1. The highest BCUT2D eigenvalue weighted by molar-refractivity contribution is 14.1. The van der Waals surface area contributed by atoms with Gasteiger partial charge in [-0.3, -0.25) is 9.36 Å². The zero-order chi connectivity index (χ0) is 33.1. The van der Waals surface area contributed by atoms with E-state index >= 15 is 0 Å². The number of thiazole rings is 1. The molecule has 47 heavy (non-hydrogen) atoms. The standard InChI is InChI=1S/C36H27FI2N2O5S/c1-3-45-35(43)30-31(23-7-5-4-6-8-23)40-36-41(32(30)24-11-15-26(44-2)16-12-24)34(42)29(47-36)19-22-17-27(38)33(28(39)18-22)46-20-21-9-13-25(37)14-10-21/h4-19,32H,3,20H2,1-2H3/b29-19-/t32-/m0/s1. The number of carbonyl (C=O) groups is 1. The largest absolute Gasteiger partial charge is 0.497 e. The Balaban J connectivity index is 1.47. The lowest BCUT2D eigenvalue weighted by molar-refractivity contribution is -0.138. The second-order valence-corrected chi connectivity index (χ2v) is 13.8. The molecule has 0 saturated carbocycles. The van der Waals surface area contributed by atoms with Gasteiger partial charge in [0, 0.05) is 5.56 Å². The number of fused-ring (bicyclic) bond motifs is 1. The Kier molecular flexibility index (Phi) is 10.2. The number of rotatable bonds is 9. The number of nitrogens with zero attached hydrogens (tertiary/aromatic N) is 2. The molecule has 6 rings (SSSR count). The Hall–Kier alpha value is -3.82. The van der Waals surface area contributed by atoms with E-state index in [1.807, 2.05) is 60.7 Å². The van der Waals surface area contributed by atoms with Crippen molar-refractivity contribution in [3.05, 3.63) is 151 Å². The van der Waals surface area contributed by atoms with E-state index in [0.717, 1.165) is 29.4 Å². The average molecular weight is 872 g/mol. The predicted octanol–water partition coefficient (Wildman–Crippen LogP) is 6.87. The Labute approximate surface area is 301 Å². The minimum atomic E-state index is -0.781. The molecule has 11 heteroatoms. The third kappa shape index (κ3) is 7.06. The molecule has 1 atom stereocenters. The SMILES string of the molecule is CCOC(=O)C1=C(c2ccccc2)N=c2s/c(=C\c3cc(I)c(OCc4ccc(F)cc4)c(I)c3)c(=O)n2[C@H]1c1ccc(OC)cc1. The number of ether oxygens (including phenoxy) is 3. The number of aromatic nitrogens is 1. The molecule has 4 aromatic carbocycles. The fourth-order valence-electron chi connectivity index (χ4n) is 5.23. The van der Waals surface area contributed by atoms with Crippen LogP contribution in [0, 0.1) is 13.0 Å². The summed E-state index contributed by atoms with van der Waals surface area (Å²) < 4.78 is 34.1. The summed E-state index contributed by atoms with van der Waals surface area (Å²) >= 11 is 5.69. The molecule has 5 aromatic rings. The average Bonchev–Trinajstić information content (AvgIpc) is 3.38. The fourth-order valence-corrected chi connectivity index (χ4v) is 8.36. The monoisotopic (exact) mass is 872 g/mol. The second-order valence-electron chi connectivity index (χ2n) is 10.4. The van der Waals surface area contributed by atoms with Crippen LogP contribution in [0.3, 0.4) is 0 Å². The van der Waals surface area contributed by atoms with Gasteiger partial charge in [-0.25, -0.2) is 14.2 Å². The Morgan fingerprint density at radius 1 is 1.00 bits per heavy atom. The van der Waals surface area contributed by atoms with Crippen LogP contribution in [0.25, 0.3) is 11.8 Å². The van der Waals surface area contributed by atoms with E-state index in [4.69, 9.17) is 19.2 Å². The highest BCUT2D eigenvalue weighted by Crippen LogP contribution is 2.36. The molecule has 238 valence electrons. The van der Waals surface area contributed by atoms with Gasteiger partial charge < -0.3 is 14.2 Å². The molecule has 0 amide bonds. The number of hydrogen-bond donors (Lipinski definition) is 0. The van der Waals surface area contributed by atoms with Crippen molar-refractivity contribution in [3.63, 3.8) is 0 Å². The molecule has 0 aliphatic carbocycles. The van der Waals surface area contributed by atoms with Gasteiger partial charge in [0.05, 0.1) is 42.7 Å². The van der Waals surface area contributed by atoms with Gasteiger partial charge in [-0.2, -0.15) is 0 Å². The van der Waals surface area contributed by atoms with Crippen LogP contribution < -0.4 is 24.4 Å². The molecule has 1 aliphatic heterocycles. The molecule has 0 unspecified atom stereocenters. The number of carbonyl (C=O) groups excluding carboxylic acids is 1. The first-order chi connectivity index (χ1) is 22.8. The van der Waals surface area contributed by atoms with Crippen molar-refractivity contribution in [2.24, 2.45) is 4.99 Å². The van der Waals surface area contributed by atoms with E-state index in [1.165, 1.54) is 23.5 Å². The molecule has 1 aromatic heterocycles. The summed E-state index contributed by atoms with van der Waals surface area (Å²) in [5.74, 6) is 0.530. The second kappa shape index (κ2) is 14.5. The van der Waals surface area contributed by atoms with E-state index < -0.39 is 12.0 Å². The number of hydrogen-bond acceptors (Lipinski definition) is 7. The fraction of sp³-hybridized carbons (Fsp3) is 0.139. The summed E-state index contributed by atoms with van der Waals surface area (Å²) in [5.41, 5.74) is 3.60. The van der Waals surface area contributed by atoms with E-state index in [0.29, 0.717) is 33.1 Å². The topological polar surface area (TPSA) is 79.1 Å². The summed E-state index contributed by atoms with van der Waals surface area (Å²) in [6.45, 7) is 2.22. The first-order valence-corrected chi connectivity index (χ1v) is 17.5. The van der Waals surface area contributed by atoms with Gasteiger partial charge in [0.25, 0.3) is 5.56 Å². The molecule has 0 N–H and O–H groups in total. The lowest BCUT2D eigenvalue weighted by Crippen LogP contribution is -2.40. The van der Waals surface area contributed by atoms with Crippen LogP contribution in [-0.2, 0) is 16.1 Å². The van der Waals surface area contributed by atoms with Gasteiger partial charge in [0.15, 0.2) is 4.80 Å². The number of methoxy groups -OCH3 is 1.